The zero-order valence-corrected chi connectivity index (χ0v) is 15.7. The SMILES string of the molecule is CCOC(=O)CC(COC)c1ccc(N2C[C@@H](C)O[C@@H](C)C2)c(N)c1. The Hall–Kier alpha value is -1.79. The molecule has 6 nitrogen and oxygen atoms in total. The van der Waals surface area contributed by atoms with Crippen molar-refractivity contribution in [3.8, 4) is 0 Å². The van der Waals surface area contributed by atoms with Crippen molar-refractivity contribution in [3.05, 3.63) is 23.8 Å². The first-order valence-electron chi connectivity index (χ1n) is 8.89. The van der Waals surface area contributed by atoms with Crippen LogP contribution in [0.3, 0.4) is 0 Å². The van der Waals surface area contributed by atoms with Gasteiger partial charge in [0.25, 0.3) is 0 Å². The summed E-state index contributed by atoms with van der Waals surface area (Å²) in [6.45, 7) is 8.41. The van der Waals surface area contributed by atoms with Gasteiger partial charge in [-0.2, -0.15) is 0 Å². The molecule has 140 valence electrons. The van der Waals surface area contributed by atoms with Gasteiger partial charge >= 0.3 is 5.97 Å². The molecule has 2 rings (SSSR count). The summed E-state index contributed by atoms with van der Waals surface area (Å²) in [4.78, 5) is 14.1. The molecule has 1 heterocycles. The average molecular weight is 350 g/mol. The van der Waals surface area contributed by atoms with Crippen LogP contribution in [0.1, 0.15) is 38.7 Å². The molecule has 1 aromatic carbocycles. The lowest BCUT2D eigenvalue weighted by Gasteiger charge is -2.37. The van der Waals surface area contributed by atoms with Crippen molar-refractivity contribution < 1.29 is 19.0 Å². The topological polar surface area (TPSA) is 74.0 Å². The number of ether oxygens (including phenoxy) is 3. The van der Waals surface area contributed by atoms with E-state index in [1.54, 1.807) is 14.0 Å². The molecule has 6 heteroatoms. The summed E-state index contributed by atoms with van der Waals surface area (Å²) in [5.41, 5.74) is 9.04. The Morgan fingerprint density at radius 2 is 2.04 bits per heavy atom. The number of anilines is 2. The van der Waals surface area contributed by atoms with Crippen molar-refractivity contribution in [2.45, 2.75) is 45.3 Å². The van der Waals surface area contributed by atoms with E-state index in [4.69, 9.17) is 19.9 Å². The standard InChI is InChI=1S/C19H30N2O4/c1-5-24-19(22)9-16(12-23-4)15-6-7-18(17(20)8-15)21-10-13(2)25-14(3)11-21/h6-8,13-14,16H,5,9-12,20H2,1-4H3/t13-,14+,16?. The lowest BCUT2D eigenvalue weighted by Crippen LogP contribution is -2.45. The third kappa shape index (κ3) is 5.34. The van der Waals surface area contributed by atoms with E-state index in [0.29, 0.717) is 18.9 Å². The number of rotatable bonds is 7. The minimum absolute atomic E-state index is 0.0667. The zero-order valence-electron chi connectivity index (χ0n) is 15.7. The van der Waals surface area contributed by atoms with Gasteiger partial charge in [-0.1, -0.05) is 6.07 Å². The van der Waals surface area contributed by atoms with E-state index in [-0.39, 0.29) is 30.5 Å². The fraction of sp³-hybridized carbons (Fsp3) is 0.632. The normalized spacial score (nSPS) is 21.8. The molecule has 1 fully saturated rings. The first-order valence-corrected chi connectivity index (χ1v) is 8.89. The van der Waals surface area contributed by atoms with Gasteiger partial charge in [-0.3, -0.25) is 4.79 Å². The van der Waals surface area contributed by atoms with E-state index in [1.807, 2.05) is 18.2 Å². The number of hydrogen-bond acceptors (Lipinski definition) is 6. The van der Waals surface area contributed by atoms with Gasteiger partial charge < -0.3 is 24.8 Å². The number of carbonyl (C=O) groups is 1. The van der Waals surface area contributed by atoms with Crippen LogP contribution in [0.25, 0.3) is 0 Å². The lowest BCUT2D eigenvalue weighted by molar-refractivity contribution is -0.143. The summed E-state index contributed by atoms with van der Waals surface area (Å²) in [5, 5.41) is 0. The Balaban J connectivity index is 2.16. The molecular formula is C19H30N2O4. The van der Waals surface area contributed by atoms with Crippen LogP contribution in [0.15, 0.2) is 18.2 Å². The molecule has 1 aliphatic rings. The number of carbonyl (C=O) groups excluding carboxylic acids is 1. The fourth-order valence-electron chi connectivity index (χ4n) is 3.38. The highest BCUT2D eigenvalue weighted by Gasteiger charge is 2.24. The molecule has 1 unspecified atom stereocenters. The molecule has 0 amide bonds. The number of nitrogens with two attached hydrogens (primary N) is 1. The molecule has 3 atom stereocenters. The van der Waals surface area contributed by atoms with E-state index < -0.39 is 0 Å². The van der Waals surface area contributed by atoms with E-state index in [2.05, 4.69) is 18.7 Å². The maximum absolute atomic E-state index is 11.8. The quantitative estimate of drug-likeness (QED) is 0.602. The monoisotopic (exact) mass is 350 g/mol. The number of hydrogen-bond donors (Lipinski definition) is 1. The fourth-order valence-corrected chi connectivity index (χ4v) is 3.38. The van der Waals surface area contributed by atoms with Gasteiger partial charge in [0.1, 0.15) is 0 Å². The highest BCUT2D eigenvalue weighted by atomic mass is 16.5. The summed E-state index contributed by atoms with van der Waals surface area (Å²) in [5.74, 6) is -0.286. The molecule has 0 aliphatic carbocycles. The maximum atomic E-state index is 11.8. The van der Waals surface area contributed by atoms with Crippen LogP contribution >= 0.6 is 0 Å². The molecule has 0 radical (unpaired) electrons. The van der Waals surface area contributed by atoms with Crippen LogP contribution in [0.2, 0.25) is 0 Å². The van der Waals surface area contributed by atoms with Gasteiger partial charge in [0.15, 0.2) is 0 Å². The third-order valence-electron chi connectivity index (χ3n) is 4.37. The third-order valence-corrected chi connectivity index (χ3v) is 4.37. The smallest absolute Gasteiger partial charge is 0.306 e. The van der Waals surface area contributed by atoms with E-state index in [0.717, 1.165) is 24.3 Å². The molecule has 1 saturated heterocycles. The van der Waals surface area contributed by atoms with Gasteiger partial charge in [-0.25, -0.2) is 0 Å². The number of methoxy groups -OCH3 is 1. The number of nitrogen functional groups attached to an aromatic ring is 1. The van der Waals surface area contributed by atoms with E-state index in [1.165, 1.54) is 0 Å². The summed E-state index contributed by atoms with van der Waals surface area (Å²) in [6.07, 6.45) is 0.632. The van der Waals surface area contributed by atoms with Crippen LogP contribution < -0.4 is 10.6 Å². The van der Waals surface area contributed by atoms with Crippen molar-refractivity contribution in [1.29, 1.82) is 0 Å². The van der Waals surface area contributed by atoms with Crippen molar-refractivity contribution in [2.75, 3.05) is 44.0 Å². The second kappa shape index (κ2) is 9.06. The summed E-state index contributed by atoms with van der Waals surface area (Å²) >= 11 is 0. The Labute approximate surface area is 150 Å². The number of benzene rings is 1. The predicted molar refractivity (Wildman–Crippen MR) is 98.9 cm³/mol. The minimum atomic E-state index is -0.219. The molecule has 0 bridgehead atoms. The summed E-state index contributed by atoms with van der Waals surface area (Å²) in [6, 6.07) is 6.01. The van der Waals surface area contributed by atoms with Crippen molar-refractivity contribution >= 4 is 17.3 Å². The molecule has 1 aliphatic heterocycles. The Kier molecular flexibility index (Phi) is 7.08. The molecule has 0 saturated carbocycles. The number of esters is 1. The summed E-state index contributed by atoms with van der Waals surface area (Å²) < 4.78 is 16.1. The highest BCUT2D eigenvalue weighted by Crippen LogP contribution is 2.31. The van der Waals surface area contributed by atoms with Gasteiger partial charge in [0.2, 0.25) is 0 Å². The largest absolute Gasteiger partial charge is 0.466 e. The van der Waals surface area contributed by atoms with Crippen molar-refractivity contribution in [3.63, 3.8) is 0 Å². The number of morpholine rings is 1. The molecule has 1 aromatic rings. The van der Waals surface area contributed by atoms with Crippen LogP contribution in [0, 0.1) is 0 Å². The summed E-state index contributed by atoms with van der Waals surface area (Å²) in [7, 11) is 1.63. The maximum Gasteiger partial charge on any atom is 0.306 e. The zero-order chi connectivity index (χ0) is 18.4. The molecule has 25 heavy (non-hydrogen) atoms. The Bertz CT molecular complexity index is 569. The Morgan fingerprint density at radius 1 is 1.36 bits per heavy atom. The molecule has 0 spiro atoms. The molecule has 0 aromatic heterocycles. The number of nitrogens with zero attached hydrogens (tertiary/aromatic N) is 1. The van der Waals surface area contributed by atoms with Crippen LogP contribution in [0.5, 0.6) is 0 Å². The van der Waals surface area contributed by atoms with Gasteiger partial charge in [0.05, 0.1) is 43.2 Å². The average Bonchev–Trinajstić information content (AvgIpc) is 2.53. The van der Waals surface area contributed by atoms with E-state index >= 15 is 0 Å². The molecular weight excluding hydrogens is 320 g/mol. The van der Waals surface area contributed by atoms with Crippen LogP contribution in [0.4, 0.5) is 11.4 Å². The second-order valence-corrected chi connectivity index (χ2v) is 6.64. The minimum Gasteiger partial charge on any atom is -0.466 e. The first kappa shape index (κ1) is 19.5. The van der Waals surface area contributed by atoms with Crippen molar-refractivity contribution in [2.24, 2.45) is 0 Å². The van der Waals surface area contributed by atoms with Crippen molar-refractivity contribution in [1.82, 2.24) is 0 Å². The highest BCUT2D eigenvalue weighted by molar-refractivity contribution is 5.72. The van der Waals surface area contributed by atoms with Gasteiger partial charge in [-0.05, 0) is 38.5 Å². The van der Waals surface area contributed by atoms with E-state index in [9.17, 15) is 4.79 Å². The van der Waals surface area contributed by atoms with Gasteiger partial charge in [0, 0.05) is 26.1 Å². The van der Waals surface area contributed by atoms with Crippen LogP contribution in [-0.4, -0.2) is 51.6 Å². The molecule has 2 N–H and O–H groups in total. The van der Waals surface area contributed by atoms with Crippen LogP contribution in [-0.2, 0) is 19.0 Å². The predicted octanol–water partition coefficient (Wildman–Crippen LogP) is 2.57. The lowest BCUT2D eigenvalue weighted by atomic mass is 9.95. The second-order valence-electron chi connectivity index (χ2n) is 6.64. The van der Waals surface area contributed by atoms with Gasteiger partial charge in [-0.15, -0.1) is 0 Å². The Morgan fingerprint density at radius 3 is 2.60 bits per heavy atom. The first-order chi connectivity index (χ1) is 11.9.